The highest BCUT2D eigenvalue weighted by atomic mass is 32.2. The Bertz CT molecular complexity index is 971. The molecule has 0 radical (unpaired) electrons. The maximum atomic E-state index is 13.4. The molecule has 1 aliphatic rings. The van der Waals surface area contributed by atoms with Gasteiger partial charge in [0.05, 0.1) is 0 Å². The van der Waals surface area contributed by atoms with Crippen LogP contribution < -0.4 is 10.1 Å². The van der Waals surface area contributed by atoms with E-state index in [0.717, 1.165) is 11.1 Å². The van der Waals surface area contributed by atoms with Crippen molar-refractivity contribution < 1.29 is 13.2 Å². The van der Waals surface area contributed by atoms with E-state index in [2.05, 4.69) is 10.5 Å². The first kappa shape index (κ1) is 20.4. The number of hydrogen-bond donors (Lipinski definition) is 1. The summed E-state index contributed by atoms with van der Waals surface area (Å²) in [6.07, 6.45) is 0. The lowest BCUT2D eigenvalue weighted by molar-refractivity contribution is 0.244. The third kappa shape index (κ3) is 4.24. The van der Waals surface area contributed by atoms with Gasteiger partial charge in [0.25, 0.3) is 0 Å². The Kier molecular flexibility index (Phi) is 5.83. The SMILES string of the molecule is Cc1cc(C)cc(Oc2ccc(N=O)cc2S(=O)(=O)N2CC(C)NCC2C)c1. The molecule has 7 nitrogen and oxygen atoms in total. The van der Waals surface area contributed by atoms with Crippen LogP contribution in [0.25, 0.3) is 0 Å². The van der Waals surface area contributed by atoms with Crippen LogP contribution in [0.2, 0.25) is 0 Å². The van der Waals surface area contributed by atoms with Crippen LogP contribution in [-0.4, -0.2) is 37.9 Å². The molecule has 1 heterocycles. The number of benzene rings is 2. The normalized spacial score (nSPS) is 20.7. The van der Waals surface area contributed by atoms with E-state index in [-0.39, 0.29) is 28.4 Å². The van der Waals surface area contributed by atoms with E-state index in [4.69, 9.17) is 4.74 Å². The first-order valence-corrected chi connectivity index (χ1v) is 10.6. The molecule has 3 rings (SSSR count). The van der Waals surface area contributed by atoms with Crippen molar-refractivity contribution in [1.82, 2.24) is 9.62 Å². The predicted molar refractivity (Wildman–Crippen MR) is 109 cm³/mol. The largest absolute Gasteiger partial charge is 0.456 e. The monoisotopic (exact) mass is 403 g/mol. The molecule has 0 spiro atoms. The molecule has 8 heteroatoms. The average molecular weight is 404 g/mol. The average Bonchev–Trinajstić information content (AvgIpc) is 2.63. The number of nitrogens with one attached hydrogen (secondary N) is 1. The van der Waals surface area contributed by atoms with Crippen LogP contribution in [0.3, 0.4) is 0 Å². The topological polar surface area (TPSA) is 88.1 Å². The molecule has 2 aromatic rings. The van der Waals surface area contributed by atoms with E-state index < -0.39 is 10.0 Å². The Morgan fingerprint density at radius 2 is 1.79 bits per heavy atom. The molecular formula is C20H25N3O4S. The second kappa shape index (κ2) is 7.98. The molecule has 0 aromatic heterocycles. The third-order valence-electron chi connectivity index (χ3n) is 4.75. The van der Waals surface area contributed by atoms with E-state index >= 15 is 0 Å². The van der Waals surface area contributed by atoms with Gasteiger partial charge in [-0.05, 0) is 74.3 Å². The lowest BCUT2D eigenvalue weighted by Crippen LogP contribution is -2.56. The Morgan fingerprint density at radius 1 is 1.11 bits per heavy atom. The summed E-state index contributed by atoms with van der Waals surface area (Å²) in [6, 6.07) is 9.71. The smallest absolute Gasteiger partial charge is 0.247 e. The quantitative estimate of drug-likeness (QED) is 0.766. The summed E-state index contributed by atoms with van der Waals surface area (Å²) < 4.78 is 34.3. The molecule has 2 unspecified atom stereocenters. The highest BCUT2D eigenvalue weighted by Gasteiger charge is 2.35. The minimum atomic E-state index is -3.88. The molecule has 2 atom stereocenters. The molecule has 2 aromatic carbocycles. The number of nitroso groups, excluding NO2 is 1. The van der Waals surface area contributed by atoms with Gasteiger partial charge in [0.2, 0.25) is 10.0 Å². The van der Waals surface area contributed by atoms with Crippen molar-refractivity contribution >= 4 is 15.7 Å². The van der Waals surface area contributed by atoms with E-state index in [0.29, 0.717) is 18.8 Å². The van der Waals surface area contributed by atoms with Crippen molar-refractivity contribution in [2.45, 2.75) is 44.7 Å². The van der Waals surface area contributed by atoms with Gasteiger partial charge < -0.3 is 10.1 Å². The standard InChI is InChI=1S/C20H25N3O4S/c1-13-7-14(2)9-18(8-13)27-19-6-5-17(22-24)10-20(19)28(25,26)23-12-15(3)21-11-16(23)4/h5-10,15-16,21H,11-12H2,1-4H3. The van der Waals surface area contributed by atoms with E-state index in [1.165, 1.54) is 22.5 Å². The second-order valence-corrected chi connectivity index (χ2v) is 9.24. The summed E-state index contributed by atoms with van der Waals surface area (Å²) in [5.74, 6) is 0.721. The van der Waals surface area contributed by atoms with E-state index in [1.807, 2.05) is 45.9 Å². The van der Waals surface area contributed by atoms with Crippen molar-refractivity contribution in [2.24, 2.45) is 5.18 Å². The first-order valence-electron chi connectivity index (χ1n) is 9.19. The molecule has 0 bridgehead atoms. The van der Waals surface area contributed by atoms with Crippen LogP contribution >= 0.6 is 0 Å². The Balaban J connectivity index is 2.06. The molecule has 150 valence electrons. The first-order chi connectivity index (χ1) is 13.2. The molecule has 0 amide bonds. The lowest BCUT2D eigenvalue weighted by Gasteiger charge is -2.36. The summed E-state index contributed by atoms with van der Waals surface area (Å²) in [5, 5.41) is 6.17. The van der Waals surface area contributed by atoms with Crippen LogP contribution in [-0.2, 0) is 10.0 Å². The number of aryl methyl sites for hydroxylation is 2. The molecule has 1 saturated heterocycles. The Morgan fingerprint density at radius 3 is 2.43 bits per heavy atom. The van der Waals surface area contributed by atoms with Gasteiger partial charge in [-0.3, -0.25) is 0 Å². The molecule has 1 fully saturated rings. The van der Waals surface area contributed by atoms with Gasteiger partial charge in [-0.1, -0.05) is 6.07 Å². The van der Waals surface area contributed by atoms with E-state index in [1.54, 1.807) is 0 Å². The second-order valence-electron chi connectivity index (χ2n) is 7.38. The summed E-state index contributed by atoms with van der Waals surface area (Å²) in [5.41, 5.74) is 2.06. The summed E-state index contributed by atoms with van der Waals surface area (Å²) in [6.45, 7) is 8.57. The van der Waals surface area contributed by atoms with E-state index in [9.17, 15) is 13.3 Å². The molecular weight excluding hydrogens is 378 g/mol. The Hall–Kier alpha value is -2.29. The molecule has 1 aliphatic heterocycles. The van der Waals surface area contributed by atoms with Crippen LogP contribution in [0.15, 0.2) is 46.5 Å². The maximum absolute atomic E-state index is 13.4. The van der Waals surface area contributed by atoms with Crippen LogP contribution in [0.1, 0.15) is 25.0 Å². The highest BCUT2D eigenvalue weighted by molar-refractivity contribution is 7.89. The number of rotatable bonds is 5. The number of piperazine rings is 1. The number of nitrogens with zero attached hydrogens (tertiary/aromatic N) is 2. The van der Waals surface area contributed by atoms with Crippen molar-refractivity contribution in [3.8, 4) is 11.5 Å². The third-order valence-corrected chi connectivity index (χ3v) is 6.75. The van der Waals surface area contributed by atoms with Gasteiger partial charge >= 0.3 is 0 Å². The minimum Gasteiger partial charge on any atom is -0.456 e. The maximum Gasteiger partial charge on any atom is 0.247 e. The number of sulfonamides is 1. The fourth-order valence-corrected chi connectivity index (χ4v) is 5.26. The fourth-order valence-electron chi connectivity index (χ4n) is 3.41. The van der Waals surface area contributed by atoms with Gasteiger partial charge in [-0.2, -0.15) is 4.31 Å². The molecule has 1 N–H and O–H groups in total. The van der Waals surface area contributed by atoms with Crippen LogP contribution in [0.5, 0.6) is 11.5 Å². The van der Waals surface area contributed by atoms with Gasteiger partial charge in [0.15, 0.2) is 0 Å². The van der Waals surface area contributed by atoms with Gasteiger partial charge in [-0.25, -0.2) is 8.42 Å². The predicted octanol–water partition coefficient (Wildman–Crippen LogP) is 3.86. The summed E-state index contributed by atoms with van der Waals surface area (Å²) in [7, 11) is -3.88. The summed E-state index contributed by atoms with van der Waals surface area (Å²) >= 11 is 0. The fraction of sp³-hybridized carbons (Fsp3) is 0.400. The zero-order valence-electron chi connectivity index (χ0n) is 16.5. The molecule has 0 saturated carbocycles. The van der Waals surface area contributed by atoms with Crippen molar-refractivity contribution in [3.05, 3.63) is 52.4 Å². The molecule has 0 aliphatic carbocycles. The number of ether oxygens (including phenoxy) is 1. The minimum absolute atomic E-state index is 0.0298. The van der Waals surface area contributed by atoms with Gasteiger partial charge in [0.1, 0.15) is 22.1 Å². The van der Waals surface area contributed by atoms with Crippen LogP contribution in [0, 0.1) is 18.8 Å². The number of hydrogen-bond acceptors (Lipinski definition) is 6. The van der Waals surface area contributed by atoms with Gasteiger partial charge in [-0.15, -0.1) is 4.91 Å². The Labute approximate surface area is 165 Å². The summed E-state index contributed by atoms with van der Waals surface area (Å²) in [4.78, 5) is 11.0. The zero-order chi connectivity index (χ0) is 20.5. The van der Waals surface area contributed by atoms with Crippen molar-refractivity contribution in [2.75, 3.05) is 13.1 Å². The van der Waals surface area contributed by atoms with Crippen LogP contribution in [0.4, 0.5) is 5.69 Å². The van der Waals surface area contributed by atoms with Crippen molar-refractivity contribution in [1.29, 1.82) is 0 Å². The lowest BCUT2D eigenvalue weighted by atomic mass is 10.1. The molecule has 28 heavy (non-hydrogen) atoms. The zero-order valence-corrected chi connectivity index (χ0v) is 17.3. The van der Waals surface area contributed by atoms with Crippen molar-refractivity contribution in [3.63, 3.8) is 0 Å². The van der Waals surface area contributed by atoms with Gasteiger partial charge in [0, 0.05) is 25.2 Å². The highest BCUT2D eigenvalue weighted by Crippen LogP contribution is 2.35.